The van der Waals surface area contributed by atoms with Crippen molar-refractivity contribution in [2.45, 2.75) is 5.75 Å². The van der Waals surface area contributed by atoms with Crippen molar-refractivity contribution in [3.63, 3.8) is 0 Å². The van der Waals surface area contributed by atoms with E-state index in [9.17, 15) is 9.59 Å². The number of thioether (sulfide) groups is 1. The molecular weight excluding hydrogens is 272 g/mol. The predicted molar refractivity (Wildman–Crippen MR) is 79.7 cm³/mol. The van der Waals surface area contributed by atoms with Gasteiger partial charge in [-0.05, 0) is 12.1 Å². The van der Waals surface area contributed by atoms with Crippen molar-refractivity contribution in [2.24, 2.45) is 0 Å². The second kappa shape index (κ2) is 7.45. The largest absolute Gasteiger partial charge is 0.340 e. The standard InChI is InChI=1S/C15H14N2O2S/c18-14(12-6-2-1-3-7-12)10-17-15(19)20-11-13-8-4-5-9-16-13/h1-9H,10-11H2,(H,17,19). The number of aromatic nitrogens is 1. The van der Waals surface area contributed by atoms with Crippen LogP contribution in [0.3, 0.4) is 0 Å². The molecule has 4 nitrogen and oxygen atoms in total. The molecule has 0 saturated heterocycles. The van der Waals surface area contributed by atoms with E-state index in [0.29, 0.717) is 11.3 Å². The van der Waals surface area contributed by atoms with E-state index in [2.05, 4.69) is 10.3 Å². The number of pyridine rings is 1. The van der Waals surface area contributed by atoms with Crippen LogP contribution < -0.4 is 5.32 Å². The molecule has 1 amide bonds. The Balaban J connectivity index is 1.74. The van der Waals surface area contributed by atoms with Gasteiger partial charge in [-0.3, -0.25) is 14.6 Å². The molecule has 0 spiro atoms. The number of carbonyl (C=O) groups is 2. The van der Waals surface area contributed by atoms with Crippen LogP contribution in [0.15, 0.2) is 54.7 Å². The summed E-state index contributed by atoms with van der Waals surface area (Å²) < 4.78 is 0. The van der Waals surface area contributed by atoms with Crippen LogP contribution in [0, 0.1) is 0 Å². The zero-order valence-corrected chi connectivity index (χ0v) is 11.6. The highest BCUT2D eigenvalue weighted by Crippen LogP contribution is 2.10. The fourth-order valence-corrected chi connectivity index (χ4v) is 2.18. The zero-order chi connectivity index (χ0) is 14.2. The molecule has 1 N–H and O–H groups in total. The highest BCUT2D eigenvalue weighted by atomic mass is 32.2. The number of benzene rings is 1. The first kappa shape index (κ1) is 14.3. The van der Waals surface area contributed by atoms with Crippen LogP contribution in [-0.2, 0) is 5.75 Å². The second-order valence-corrected chi connectivity index (χ2v) is 4.99. The Bertz CT molecular complexity index is 573. The van der Waals surface area contributed by atoms with Crippen LogP contribution in [0.1, 0.15) is 16.1 Å². The molecule has 2 rings (SSSR count). The molecule has 0 aliphatic heterocycles. The maximum absolute atomic E-state index is 11.8. The van der Waals surface area contributed by atoms with Gasteiger partial charge in [0.25, 0.3) is 5.24 Å². The van der Waals surface area contributed by atoms with E-state index in [0.717, 1.165) is 17.5 Å². The first-order valence-corrected chi connectivity index (χ1v) is 7.13. The van der Waals surface area contributed by atoms with E-state index in [1.165, 1.54) is 0 Å². The van der Waals surface area contributed by atoms with Crippen molar-refractivity contribution in [1.29, 1.82) is 0 Å². The minimum Gasteiger partial charge on any atom is -0.340 e. The monoisotopic (exact) mass is 286 g/mol. The van der Waals surface area contributed by atoms with Gasteiger partial charge in [-0.2, -0.15) is 0 Å². The molecule has 0 saturated carbocycles. The summed E-state index contributed by atoms with van der Waals surface area (Å²) in [6.45, 7) is 0.0120. The number of nitrogens with one attached hydrogen (secondary N) is 1. The summed E-state index contributed by atoms with van der Waals surface area (Å²) in [6.07, 6.45) is 1.69. The molecular formula is C15H14N2O2S. The predicted octanol–water partition coefficient (Wildman–Crippen LogP) is 2.91. The molecule has 1 aromatic carbocycles. The third-order valence-corrected chi connectivity index (χ3v) is 3.41. The Morgan fingerprint density at radius 1 is 1.05 bits per heavy atom. The first-order valence-electron chi connectivity index (χ1n) is 6.14. The number of amides is 1. The number of ketones is 1. The topological polar surface area (TPSA) is 59.1 Å². The summed E-state index contributed by atoms with van der Waals surface area (Å²) >= 11 is 1.10. The Morgan fingerprint density at radius 3 is 2.50 bits per heavy atom. The van der Waals surface area contributed by atoms with E-state index in [-0.39, 0.29) is 17.6 Å². The normalized spacial score (nSPS) is 10.0. The average Bonchev–Trinajstić information content (AvgIpc) is 2.52. The molecule has 0 aliphatic rings. The summed E-state index contributed by atoms with van der Waals surface area (Å²) in [5.41, 5.74) is 1.43. The van der Waals surface area contributed by atoms with Gasteiger partial charge in [-0.25, -0.2) is 0 Å². The lowest BCUT2D eigenvalue weighted by Gasteiger charge is -2.04. The van der Waals surface area contributed by atoms with Crippen molar-refractivity contribution in [3.05, 3.63) is 66.0 Å². The van der Waals surface area contributed by atoms with Gasteiger partial charge in [0.1, 0.15) is 0 Å². The van der Waals surface area contributed by atoms with E-state index < -0.39 is 0 Å². The third kappa shape index (κ3) is 4.51. The lowest BCUT2D eigenvalue weighted by atomic mass is 10.1. The molecule has 0 aliphatic carbocycles. The van der Waals surface area contributed by atoms with Gasteiger partial charge in [0.2, 0.25) is 0 Å². The Hall–Kier alpha value is -2.14. The van der Waals surface area contributed by atoms with Crippen molar-refractivity contribution in [1.82, 2.24) is 10.3 Å². The smallest absolute Gasteiger partial charge is 0.279 e. The fraction of sp³-hybridized carbons (Fsp3) is 0.133. The van der Waals surface area contributed by atoms with Crippen molar-refractivity contribution >= 4 is 22.8 Å². The van der Waals surface area contributed by atoms with E-state index in [1.807, 2.05) is 24.3 Å². The zero-order valence-electron chi connectivity index (χ0n) is 10.8. The lowest BCUT2D eigenvalue weighted by molar-refractivity contribution is 0.0994. The number of nitrogens with zero attached hydrogens (tertiary/aromatic N) is 1. The molecule has 20 heavy (non-hydrogen) atoms. The number of rotatable bonds is 5. The third-order valence-electron chi connectivity index (χ3n) is 2.57. The summed E-state index contributed by atoms with van der Waals surface area (Å²) in [5, 5.41) is 2.38. The van der Waals surface area contributed by atoms with E-state index >= 15 is 0 Å². The second-order valence-electron chi connectivity index (χ2n) is 4.04. The van der Waals surface area contributed by atoms with E-state index in [1.54, 1.807) is 30.5 Å². The van der Waals surface area contributed by atoms with E-state index in [4.69, 9.17) is 0 Å². The Kier molecular flexibility index (Phi) is 5.32. The summed E-state index contributed by atoms with van der Waals surface area (Å²) in [6, 6.07) is 14.5. The van der Waals surface area contributed by atoms with Gasteiger partial charge in [0, 0.05) is 17.5 Å². The molecule has 1 heterocycles. The Labute approximate surface area is 121 Å². The molecule has 0 bridgehead atoms. The molecule has 0 atom stereocenters. The molecule has 5 heteroatoms. The van der Waals surface area contributed by atoms with Crippen molar-refractivity contribution in [3.8, 4) is 0 Å². The molecule has 2 aromatic rings. The van der Waals surface area contributed by atoms with Crippen LogP contribution in [0.25, 0.3) is 0 Å². The highest BCUT2D eigenvalue weighted by Gasteiger charge is 2.08. The van der Waals surface area contributed by atoms with Gasteiger partial charge in [0.05, 0.1) is 12.2 Å². The van der Waals surface area contributed by atoms with Crippen molar-refractivity contribution < 1.29 is 9.59 Å². The summed E-state index contributed by atoms with van der Waals surface area (Å²) in [5.74, 6) is 0.393. The maximum atomic E-state index is 11.8. The maximum Gasteiger partial charge on any atom is 0.279 e. The van der Waals surface area contributed by atoms with Crippen LogP contribution in [0.2, 0.25) is 0 Å². The van der Waals surface area contributed by atoms with Crippen LogP contribution in [-0.4, -0.2) is 22.6 Å². The average molecular weight is 286 g/mol. The number of carbonyl (C=O) groups excluding carboxylic acids is 2. The lowest BCUT2D eigenvalue weighted by Crippen LogP contribution is -2.26. The van der Waals surface area contributed by atoms with Crippen LogP contribution in [0.4, 0.5) is 4.79 Å². The molecule has 0 fully saturated rings. The number of hydrogen-bond donors (Lipinski definition) is 1. The van der Waals surface area contributed by atoms with Gasteiger partial charge in [-0.15, -0.1) is 0 Å². The minimum absolute atomic E-state index is 0.0120. The van der Waals surface area contributed by atoms with Gasteiger partial charge in [-0.1, -0.05) is 48.2 Å². The molecule has 102 valence electrons. The minimum atomic E-state index is -0.222. The van der Waals surface area contributed by atoms with Gasteiger partial charge >= 0.3 is 0 Å². The highest BCUT2D eigenvalue weighted by molar-refractivity contribution is 8.12. The van der Waals surface area contributed by atoms with Crippen molar-refractivity contribution in [2.75, 3.05) is 6.54 Å². The molecule has 0 radical (unpaired) electrons. The summed E-state index contributed by atoms with van der Waals surface area (Å²) in [4.78, 5) is 27.5. The number of hydrogen-bond acceptors (Lipinski definition) is 4. The van der Waals surface area contributed by atoms with Gasteiger partial charge in [0.15, 0.2) is 5.78 Å². The number of Topliss-reactive ketones (excluding diaryl/α,β-unsaturated/α-hetero) is 1. The van der Waals surface area contributed by atoms with Gasteiger partial charge < -0.3 is 5.32 Å². The molecule has 0 unspecified atom stereocenters. The first-order chi connectivity index (χ1) is 9.75. The van der Waals surface area contributed by atoms with Crippen LogP contribution >= 0.6 is 11.8 Å². The van der Waals surface area contributed by atoms with Crippen LogP contribution in [0.5, 0.6) is 0 Å². The molecule has 1 aromatic heterocycles. The summed E-state index contributed by atoms with van der Waals surface area (Å²) in [7, 11) is 0. The Morgan fingerprint density at radius 2 is 1.80 bits per heavy atom. The quantitative estimate of drug-likeness (QED) is 0.859. The fourth-order valence-electron chi connectivity index (χ4n) is 1.55. The SMILES string of the molecule is O=C(NCC(=O)c1ccccc1)SCc1ccccn1.